The summed E-state index contributed by atoms with van der Waals surface area (Å²) in [5.74, 6) is 0.513. The summed E-state index contributed by atoms with van der Waals surface area (Å²) in [7, 11) is -0.623. The van der Waals surface area contributed by atoms with E-state index in [-0.39, 0.29) is 12.5 Å². The van der Waals surface area contributed by atoms with Crippen molar-refractivity contribution < 1.29 is 27.5 Å². The number of amides is 2. The molecule has 0 radical (unpaired) electrons. The number of hydrogen-bond acceptors (Lipinski definition) is 7. The highest BCUT2D eigenvalue weighted by atomic mass is 32.2. The fraction of sp³-hybridized carbons (Fsp3) is 0.448. The molecule has 228 valence electrons. The van der Waals surface area contributed by atoms with Crippen molar-refractivity contribution in [3.63, 3.8) is 0 Å². The minimum Gasteiger partial charge on any atom is -0.484 e. The summed E-state index contributed by atoms with van der Waals surface area (Å²) in [4.78, 5) is 32.0. The van der Waals surface area contributed by atoms with Gasteiger partial charge in [-0.3, -0.25) is 9.52 Å². The monoisotopic (exact) mass is 600 g/mol. The predicted octanol–water partition coefficient (Wildman–Crippen LogP) is 3.18. The summed E-state index contributed by atoms with van der Waals surface area (Å²) in [6, 6.07) is 12.8. The lowest BCUT2D eigenvalue weighted by molar-refractivity contribution is -0.133. The highest BCUT2D eigenvalue weighted by molar-refractivity contribution is 7.90. The van der Waals surface area contributed by atoms with Gasteiger partial charge in [-0.2, -0.15) is 12.7 Å². The SMILES string of the molecule is CN(C)S(=O)(=O)Nc1ccc(N2CCN(C(=O)COc3ccc4[nH]cc(CCNC(=O)OC(C)(C)C)c4c3)CC2)cc1. The molecule has 1 aromatic heterocycles. The lowest BCUT2D eigenvalue weighted by atomic mass is 10.1. The number of piperazine rings is 1. The van der Waals surface area contributed by atoms with Gasteiger partial charge < -0.3 is 29.6 Å². The number of aromatic amines is 1. The van der Waals surface area contributed by atoms with Crippen LogP contribution in [0.1, 0.15) is 26.3 Å². The van der Waals surface area contributed by atoms with Gasteiger partial charge in [-0.1, -0.05) is 0 Å². The van der Waals surface area contributed by atoms with Crippen molar-refractivity contribution in [2.24, 2.45) is 0 Å². The van der Waals surface area contributed by atoms with Crippen molar-refractivity contribution in [3.05, 3.63) is 54.2 Å². The van der Waals surface area contributed by atoms with E-state index in [2.05, 4.69) is 19.9 Å². The van der Waals surface area contributed by atoms with Gasteiger partial charge in [0.15, 0.2) is 6.61 Å². The van der Waals surface area contributed by atoms with E-state index < -0.39 is 21.9 Å². The highest BCUT2D eigenvalue weighted by Crippen LogP contribution is 2.25. The number of fused-ring (bicyclic) bond motifs is 1. The summed E-state index contributed by atoms with van der Waals surface area (Å²) in [6.45, 7) is 8.26. The third kappa shape index (κ3) is 8.29. The fourth-order valence-electron chi connectivity index (χ4n) is 4.50. The predicted molar refractivity (Wildman–Crippen MR) is 163 cm³/mol. The van der Waals surface area contributed by atoms with Crippen LogP contribution in [0.15, 0.2) is 48.7 Å². The molecule has 4 rings (SSSR count). The summed E-state index contributed by atoms with van der Waals surface area (Å²) in [5, 5.41) is 3.75. The van der Waals surface area contributed by atoms with Crippen molar-refractivity contribution >= 4 is 44.5 Å². The number of H-pyrrole nitrogens is 1. The maximum absolute atomic E-state index is 12.9. The molecule has 3 aromatic rings. The molecule has 0 unspecified atom stereocenters. The molecule has 2 heterocycles. The second kappa shape index (κ2) is 12.9. The standard InChI is InChI=1S/C29H40N6O6S/c1-29(2,3)41-28(37)30-13-12-21-19-31-26-11-10-24(18-25(21)26)40-20-27(36)35-16-14-34(15-17-35)23-8-6-22(7-9-23)32-42(38,39)33(4)5/h6-11,18-19,31-32H,12-17,20H2,1-5H3,(H,30,37). The van der Waals surface area contributed by atoms with Crippen LogP contribution < -0.4 is 19.7 Å². The molecule has 3 N–H and O–H groups in total. The number of carbonyl (C=O) groups excluding carboxylic acids is 2. The third-order valence-electron chi connectivity index (χ3n) is 6.76. The molecule has 1 saturated heterocycles. The first-order valence-corrected chi connectivity index (χ1v) is 15.3. The van der Waals surface area contributed by atoms with Gasteiger partial charge in [0.2, 0.25) is 0 Å². The van der Waals surface area contributed by atoms with E-state index in [1.54, 1.807) is 17.0 Å². The smallest absolute Gasteiger partial charge is 0.407 e. The molecule has 2 aromatic carbocycles. The molecular weight excluding hydrogens is 560 g/mol. The van der Waals surface area contributed by atoms with Gasteiger partial charge in [0, 0.05) is 75.3 Å². The largest absolute Gasteiger partial charge is 0.484 e. The normalized spacial score (nSPS) is 14.2. The van der Waals surface area contributed by atoms with Crippen molar-refractivity contribution in [3.8, 4) is 5.75 Å². The van der Waals surface area contributed by atoms with Crippen LogP contribution in [0, 0.1) is 0 Å². The third-order valence-corrected chi connectivity index (χ3v) is 8.21. The first-order chi connectivity index (χ1) is 19.8. The topological polar surface area (TPSA) is 136 Å². The van der Waals surface area contributed by atoms with Crippen LogP contribution in [0.5, 0.6) is 5.75 Å². The summed E-state index contributed by atoms with van der Waals surface area (Å²) in [5.41, 5.74) is 2.87. The molecule has 42 heavy (non-hydrogen) atoms. The van der Waals surface area contributed by atoms with E-state index in [1.807, 2.05) is 57.3 Å². The lowest BCUT2D eigenvalue weighted by Crippen LogP contribution is -2.50. The van der Waals surface area contributed by atoms with E-state index in [9.17, 15) is 18.0 Å². The van der Waals surface area contributed by atoms with Crippen LogP contribution >= 0.6 is 0 Å². The van der Waals surface area contributed by atoms with E-state index in [0.29, 0.717) is 50.6 Å². The quantitative estimate of drug-likeness (QED) is 0.325. The molecule has 1 aliphatic rings. The van der Waals surface area contributed by atoms with E-state index in [4.69, 9.17) is 9.47 Å². The Bertz CT molecular complexity index is 1490. The summed E-state index contributed by atoms with van der Waals surface area (Å²) < 4.78 is 38.8. The number of anilines is 2. The molecule has 0 atom stereocenters. The van der Waals surface area contributed by atoms with Crippen LogP contribution in [-0.2, 0) is 26.2 Å². The molecule has 12 nitrogen and oxygen atoms in total. The number of aromatic nitrogens is 1. The first-order valence-electron chi connectivity index (χ1n) is 13.8. The minimum absolute atomic E-state index is 0.0633. The number of carbonyl (C=O) groups is 2. The maximum atomic E-state index is 12.9. The molecule has 13 heteroatoms. The van der Waals surface area contributed by atoms with Crippen molar-refractivity contribution in [2.75, 3.05) is 63.0 Å². The van der Waals surface area contributed by atoms with Crippen molar-refractivity contribution in [2.45, 2.75) is 32.8 Å². The van der Waals surface area contributed by atoms with Gasteiger partial charge in [-0.25, -0.2) is 4.79 Å². The Hall–Kier alpha value is -3.97. The first kappa shape index (κ1) is 31.0. The van der Waals surface area contributed by atoms with Crippen LogP contribution in [0.4, 0.5) is 16.2 Å². The molecule has 1 fully saturated rings. The Labute approximate surface area is 247 Å². The molecule has 0 saturated carbocycles. The van der Waals surface area contributed by atoms with Gasteiger partial charge >= 0.3 is 16.3 Å². The number of hydrogen-bond donors (Lipinski definition) is 3. The second-order valence-corrected chi connectivity index (χ2v) is 13.2. The average molecular weight is 601 g/mol. The number of alkyl carbamates (subject to hydrolysis) is 1. The Kier molecular flexibility index (Phi) is 9.52. The fourth-order valence-corrected chi connectivity index (χ4v) is 5.11. The Morgan fingerprint density at radius 1 is 1.02 bits per heavy atom. The van der Waals surface area contributed by atoms with Gasteiger partial charge in [-0.05, 0) is 75.2 Å². The number of nitrogens with one attached hydrogen (secondary N) is 3. The number of benzene rings is 2. The van der Waals surface area contributed by atoms with Crippen LogP contribution in [0.25, 0.3) is 10.9 Å². The van der Waals surface area contributed by atoms with Gasteiger partial charge in [0.05, 0.1) is 0 Å². The lowest BCUT2D eigenvalue weighted by Gasteiger charge is -2.36. The summed E-state index contributed by atoms with van der Waals surface area (Å²) >= 11 is 0. The van der Waals surface area contributed by atoms with Crippen molar-refractivity contribution in [1.82, 2.24) is 19.5 Å². The number of rotatable bonds is 10. The van der Waals surface area contributed by atoms with E-state index in [1.165, 1.54) is 14.1 Å². The molecule has 1 aliphatic heterocycles. The highest BCUT2D eigenvalue weighted by Gasteiger charge is 2.22. The van der Waals surface area contributed by atoms with E-state index >= 15 is 0 Å². The van der Waals surface area contributed by atoms with Crippen LogP contribution in [0.2, 0.25) is 0 Å². The second-order valence-electron chi connectivity index (χ2n) is 11.3. The van der Waals surface area contributed by atoms with Gasteiger partial charge in [0.25, 0.3) is 5.91 Å². The zero-order chi connectivity index (χ0) is 30.5. The van der Waals surface area contributed by atoms with Crippen LogP contribution in [-0.4, -0.2) is 93.6 Å². The van der Waals surface area contributed by atoms with Crippen molar-refractivity contribution in [1.29, 1.82) is 0 Å². The van der Waals surface area contributed by atoms with Gasteiger partial charge in [0.1, 0.15) is 11.4 Å². The Morgan fingerprint density at radius 3 is 2.36 bits per heavy atom. The molecule has 2 amide bonds. The van der Waals surface area contributed by atoms with Crippen LogP contribution in [0.3, 0.4) is 0 Å². The minimum atomic E-state index is -3.56. The molecule has 0 aliphatic carbocycles. The molecular formula is C29H40N6O6S. The average Bonchev–Trinajstić information content (AvgIpc) is 3.33. The van der Waals surface area contributed by atoms with E-state index in [0.717, 1.165) is 26.5 Å². The zero-order valence-electron chi connectivity index (χ0n) is 24.8. The maximum Gasteiger partial charge on any atom is 0.407 e. The zero-order valence-corrected chi connectivity index (χ0v) is 25.6. The number of nitrogens with zero attached hydrogens (tertiary/aromatic N) is 3. The Morgan fingerprint density at radius 2 is 1.71 bits per heavy atom. The van der Waals surface area contributed by atoms with Gasteiger partial charge in [-0.15, -0.1) is 0 Å². The number of ether oxygens (including phenoxy) is 2. The molecule has 0 spiro atoms. The summed E-state index contributed by atoms with van der Waals surface area (Å²) in [6.07, 6.45) is 2.07. The molecule has 0 bridgehead atoms. The Balaban J connectivity index is 1.25.